The maximum atomic E-state index is 14.1. The third kappa shape index (κ3) is 3.83. The number of rotatable bonds is 6. The summed E-state index contributed by atoms with van der Waals surface area (Å²) in [6, 6.07) is 7.19. The van der Waals surface area contributed by atoms with Crippen molar-refractivity contribution in [2.24, 2.45) is 7.05 Å². The smallest absolute Gasteiger partial charge is 0.145 e. The van der Waals surface area contributed by atoms with Gasteiger partial charge < -0.3 is 5.32 Å². The maximum absolute atomic E-state index is 14.1. The molecule has 0 spiro atoms. The standard InChI is InChI=1S/C16H21ClFN3/c1-4-8-19-14(15-9-11(2)20-21(15)3)10-12-6-5-7-13(17)16(12)18/h5-7,9,14,19H,4,8,10H2,1-3H3. The molecule has 0 fully saturated rings. The molecular formula is C16H21ClFN3. The number of hydrogen-bond donors (Lipinski definition) is 1. The van der Waals surface area contributed by atoms with Crippen molar-refractivity contribution in [1.29, 1.82) is 0 Å². The van der Waals surface area contributed by atoms with E-state index in [1.54, 1.807) is 18.2 Å². The lowest BCUT2D eigenvalue weighted by Gasteiger charge is -2.19. The van der Waals surface area contributed by atoms with Gasteiger partial charge in [0.2, 0.25) is 0 Å². The summed E-state index contributed by atoms with van der Waals surface area (Å²) >= 11 is 5.87. The van der Waals surface area contributed by atoms with Crippen LogP contribution < -0.4 is 5.32 Å². The van der Waals surface area contributed by atoms with Crippen molar-refractivity contribution in [2.75, 3.05) is 6.54 Å². The highest BCUT2D eigenvalue weighted by Gasteiger charge is 2.18. The fourth-order valence-corrected chi connectivity index (χ4v) is 2.68. The lowest BCUT2D eigenvalue weighted by atomic mass is 10.0. The minimum Gasteiger partial charge on any atom is -0.308 e. The first-order valence-corrected chi connectivity index (χ1v) is 7.57. The van der Waals surface area contributed by atoms with Gasteiger partial charge in [0.15, 0.2) is 0 Å². The fraction of sp³-hybridized carbons (Fsp3) is 0.438. The van der Waals surface area contributed by atoms with E-state index in [4.69, 9.17) is 11.6 Å². The number of benzene rings is 1. The Labute approximate surface area is 130 Å². The minimum absolute atomic E-state index is 0.0177. The van der Waals surface area contributed by atoms with Gasteiger partial charge in [-0.15, -0.1) is 0 Å². The van der Waals surface area contributed by atoms with Crippen LogP contribution in [-0.4, -0.2) is 16.3 Å². The van der Waals surface area contributed by atoms with Crippen molar-refractivity contribution in [3.8, 4) is 0 Å². The lowest BCUT2D eigenvalue weighted by molar-refractivity contribution is 0.482. The average Bonchev–Trinajstić information content (AvgIpc) is 2.78. The molecule has 0 saturated heterocycles. The van der Waals surface area contributed by atoms with E-state index in [0.717, 1.165) is 24.4 Å². The largest absolute Gasteiger partial charge is 0.308 e. The average molecular weight is 310 g/mol. The summed E-state index contributed by atoms with van der Waals surface area (Å²) in [6.45, 7) is 4.94. The summed E-state index contributed by atoms with van der Waals surface area (Å²) in [5.74, 6) is -0.332. The molecule has 2 aromatic rings. The molecule has 0 aliphatic heterocycles. The Kier molecular flexibility index (Phi) is 5.37. The summed E-state index contributed by atoms with van der Waals surface area (Å²) in [7, 11) is 1.91. The summed E-state index contributed by atoms with van der Waals surface area (Å²) in [4.78, 5) is 0. The van der Waals surface area contributed by atoms with Crippen molar-refractivity contribution >= 4 is 11.6 Å². The first kappa shape index (κ1) is 16.0. The predicted molar refractivity (Wildman–Crippen MR) is 84.1 cm³/mol. The highest BCUT2D eigenvalue weighted by Crippen LogP contribution is 2.24. The van der Waals surface area contributed by atoms with Gasteiger partial charge in [-0.2, -0.15) is 5.10 Å². The Hall–Kier alpha value is -1.39. The van der Waals surface area contributed by atoms with Crippen molar-refractivity contribution < 1.29 is 4.39 Å². The van der Waals surface area contributed by atoms with Crippen LogP contribution in [0.2, 0.25) is 5.02 Å². The van der Waals surface area contributed by atoms with E-state index in [0.29, 0.717) is 12.0 Å². The summed E-state index contributed by atoms with van der Waals surface area (Å²) in [5, 5.41) is 8.01. The van der Waals surface area contributed by atoms with Crippen molar-refractivity contribution in [3.63, 3.8) is 0 Å². The summed E-state index contributed by atoms with van der Waals surface area (Å²) in [6.07, 6.45) is 1.57. The number of aryl methyl sites for hydroxylation is 2. The molecular weight excluding hydrogens is 289 g/mol. The zero-order chi connectivity index (χ0) is 15.4. The Balaban J connectivity index is 2.28. The molecule has 0 radical (unpaired) electrons. The molecule has 114 valence electrons. The van der Waals surface area contributed by atoms with Gasteiger partial charge in [0.25, 0.3) is 0 Å². The fourth-order valence-electron chi connectivity index (χ4n) is 2.48. The van der Waals surface area contributed by atoms with Gasteiger partial charge in [-0.05, 0) is 44.0 Å². The number of hydrogen-bond acceptors (Lipinski definition) is 2. The highest BCUT2D eigenvalue weighted by atomic mass is 35.5. The number of nitrogens with zero attached hydrogens (tertiary/aromatic N) is 2. The van der Waals surface area contributed by atoms with E-state index in [-0.39, 0.29) is 16.9 Å². The molecule has 1 aromatic heterocycles. The molecule has 0 bridgehead atoms. The Morgan fingerprint density at radius 3 is 2.81 bits per heavy atom. The molecule has 1 N–H and O–H groups in total. The second kappa shape index (κ2) is 7.05. The molecule has 5 heteroatoms. The first-order chi connectivity index (χ1) is 10.0. The van der Waals surface area contributed by atoms with Crippen LogP contribution in [0.1, 0.15) is 36.3 Å². The maximum Gasteiger partial charge on any atom is 0.145 e. The van der Waals surface area contributed by atoms with Gasteiger partial charge in [0, 0.05) is 7.05 Å². The Bertz CT molecular complexity index is 610. The van der Waals surface area contributed by atoms with E-state index in [1.165, 1.54) is 0 Å². The first-order valence-electron chi connectivity index (χ1n) is 7.19. The molecule has 1 aromatic carbocycles. The molecule has 0 amide bonds. The lowest BCUT2D eigenvalue weighted by Crippen LogP contribution is -2.26. The molecule has 3 nitrogen and oxygen atoms in total. The second-order valence-electron chi connectivity index (χ2n) is 5.26. The molecule has 21 heavy (non-hydrogen) atoms. The van der Waals surface area contributed by atoms with Crippen LogP contribution >= 0.6 is 11.6 Å². The van der Waals surface area contributed by atoms with E-state index in [9.17, 15) is 4.39 Å². The van der Waals surface area contributed by atoms with Gasteiger partial charge >= 0.3 is 0 Å². The SMILES string of the molecule is CCCNC(Cc1cccc(Cl)c1F)c1cc(C)nn1C. The molecule has 0 aliphatic carbocycles. The second-order valence-corrected chi connectivity index (χ2v) is 5.67. The number of aromatic nitrogens is 2. The van der Waals surface area contributed by atoms with Gasteiger partial charge in [-0.1, -0.05) is 30.7 Å². The van der Waals surface area contributed by atoms with Gasteiger partial charge in [-0.3, -0.25) is 4.68 Å². The van der Waals surface area contributed by atoms with Crippen LogP contribution in [0, 0.1) is 12.7 Å². The number of nitrogens with one attached hydrogen (secondary N) is 1. The van der Waals surface area contributed by atoms with E-state index >= 15 is 0 Å². The summed E-state index contributed by atoms with van der Waals surface area (Å²) in [5.41, 5.74) is 2.64. The third-order valence-corrected chi connectivity index (χ3v) is 3.78. The monoisotopic (exact) mass is 309 g/mol. The van der Waals surface area contributed by atoms with Crippen LogP contribution in [-0.2, 0) is 13.5 Å². The predicted octanol–water partition coefficient (Wildman–Crippen LogP) is 3.80. The Morgan fingerprint density at radius 1 is 1.43 bits per heavy atom. The minimum atomic E-state index is -0.332. The van der Waals surface area contributed by atoms with E-state index in [2.05, 4.69) is 17.3 Å². The zero-order valence-electron chi connectivity index (χ0n) is 12.7. The molecule has 1 unspecified atom stereocenters. The molecule has 1 heterocycles. The van der Waals surface area contributed by atoms with Crippen LogP contribution in [0.4, 0.5) is 4.39 Å². The summed E-state index contributed by atoms with van der Waals surface area (Å²) < 4.78 is 16.0. The highest BCUT2D eigenvalue weighted by molar-refractivity contribution is 6.30. The van der Waals surface area contributed by atoms with Crippen molar-refractivity contribution in [3.05, 3.63) is 52.1 Å². The number of halogens is 2. The molecule has 1 atom stereocenters. The normalized spacial score (nSPS) is 12.6. The quantitative estimate of drug-likeness (QED) is 0.879. The van der Waals surface area contributed by atoms with Crippen LogP contribution in [0.15, 0.2) is 24.3 Å². The van der Waals surface area contributed by atoms with Crippen LogP contribution in [0.25, 0.3) is 0 Å². The van der Waals surface area contributed by atoms with Gasteiger partial charge in [0.1, 0.15) is 5.82 Å². The topological polar surface area (TPSA) is 29.9 Å². The van der Waals surface area contributed by atoms with Crippen molar-refractivity contribution in [1.82, 2.24) is 15.1 Å². The van der Waals surface area contributed by atoms with Gasteiger partial charge in [-0.25, -0.2) is 4.39 Å². The van der Waals surface area contributed by atoms with E-state index in [1.807, 2.05) is 24.7 Å². The molecule has 0 aliphatic rings. The molecule has 0 saturated carbocycles. The van der Waals surface area contributed by atoms with Crippen LogP contribution in [0.5, 0.6) is 0 Å². The van der Waals surface area contributed by atoms with Crippen LogP contribution in [0.3, 0.4) is 0 Å². The Morgan fingerprint density at radius 2 is 2.19 bits per heavy atom. The van der Waals surface area contributed by atoms with E-state index < -0.39 is 0 Å². The molecule has 2 rings (SSSR count). The van der Waals surface area contributed by atoms with Gasteiger partial charge in [0.05, 0.1) is 22.5 Å². The van der Waals surface area contributed by atoms with Crippen molar-refractivity contribution in [2.45, 2.75) is 32.7 Å². The third-order valence-electron chi connectivity index (χ3n) is 3.49. The zero-order valence-corrected chi connectivity index (χ0v) is 13.4.